The summed E-state index contributed by atoms with van der Waals surface area (Å²) in [4.78, 5) is 17.5. The first-order valence-electron chi connectivity index (χ1n) is 5.14. The summed E-state index contributed by atoms with van der Waals surface area (Å²) in [6, 6.07) is 0. The predicted molar refractivity (Wildman–Crippen MR) is 59.3 cm³/mol. The Balaban J connectivity index is 1.81. The molecule has 2 N–H and O–H groups in total. The third-order valence-electron chi connectivity index (χ3n) is 2.86. The molecule has 1 aliphatic rings. The standard InChI is InChI=1S/C10H15N3OS/c11-10(14)8-1-3-13(4-2-8)5-9-6-15-7-12-9/h6-8H,1-5H2,(H2,11,14). The number of hydrogen-bond acceptors (Lipinski definition) is 4. The van der Waals surface area contributed by atoms with Crippen LogP contribution in [0.25, 0.3) is 0 Å². The highest BCUT2D eigenvalue weighted by atomic mass is 32.1. The smallest absolute Gasteiger partial charge is 0.220 e. The van der Waals surface area contributed by atoms with Crippen molar-refractivity contribution in [3.8, 4) is 0 Å². The molecule has 2 heterocycles. The molecule has 0 radical (unpaired) electrons. The number of primary amides is 1. The van der Waals surface area contributed by atoms with Crippen molar-refractivity contribution in [3.05, 3.63) is 16.6 Å². The Morgan fingerprint density at radius 2 is 2.33 bits per heavy atom. The number of amides is 1. The van der Waals surface area contributed by atoms with Crippen molar-refractivity contribution in [2.75, 3.05) is 13.1 Å². The van der Waals surface area contributed by atoms with Crippen LogP contribution < -0.4 is 5.73 Å². The van der Waals surface area contributed by atoms with Crippen molar-refractivity contribution in [2.45, 2.75) is 19.4 Å². The lowest BCUT2D eigenvalue weighted by Crippen LogP contribution is -2.38. The van der Waals surface area contributed by atoms with Crippen molar-refractivity contribution in [2.24, 2.45) is 11.7 Å². The second-order valence-electron chi connectivity index (χ2n) is 3.93. The van der Waals surface area contributed by atoms with E-state index in [0.717, 1.165) is 38.2 Å². The Morgan fingerprint density at radius 1 is 1.60 bits per heavy atom. The van der Waals surface area contributed by atoms with E-state index in [9.17, 15) is 4.79 Å². The Labute approximate surface area is 93.1 Å². The third-order valence-corrected chi connectivity index (χ3v) is 3.49. The van der Waals surface area contributed by atoms with Gasteiger partial charge >= 0.3 is 0 Å². The van der Waals surface area contributed by atoms with E-state index in [1.165, 1.54) is 0 Å². The molecule has 0 aliphatic carbocycles. The highest BCUT2D eigenvalue weighted by molar-refractivity contribution is 7.07. The van der Waals surface area contributed by atoms with Gasteiger partial charge in [-0.2, -0.15) is 0 Å². The van der Waals surface area contributed by atoms with Crippen LogP contribution in [-0.4, -0.2) is 28.9 Å². The molecule has 4 nitrogen and oxygen atoms in total. The van der Waals surface area contributed by atoms with Gasteiger partial charge in [-0.1, -0.05) is 0 Å². The molecular formula is C10H15N3OS. The maximum atomic E-state index is 11.0. The molecule has 1 aromatic heterocycles. The lowest BCUT2D eigenvalue weighted by atomic mass is 9.96. The van der Waals surface area contributed by atoms with E-state index < -0.39 is 0 Å². The monoisotopic (exact) mass is 225 g/mol. The lowest BCUT2D eigenvalue weighted by molar-refractivity contribution is -0.123. The van der Waals surface area contributed by atoms with Gasteiger partial charge in [-0.05, 0) is 25.9 Å². The number of likely N-dealkylation sites (tertiary alicyclic amines) is 1. The lowest BCUT2D eigenvalue weighted by Gasteiger charge is -2.29. The first kappa shape index (κ1) is 10.6. The molecule has 0 bridgehead atoms. The van der Waals surface area contributed by atoms with Gasteiger partial charge < -0.3 is 5.73 Å². The van der Waals surface area contributed by atoms with Crippen LogP contribution in [0.2, 0.25) is 0 Å². The van der Waals surface area contributed by atoms with Gasteiger partial charge in [0.25, 0.3) is 0 Å². The number of carbonyl (C=O) groups excluding carboxylic acids is 1. The van der Waals surface area contributed by atoms with Crippen molar-refractivity contribution in [3.63, 3.8) is 0 Å². The molecule has 1 aliphatic heterocycles. The van der Waals surface area contributed by atoms with E-state index in [1.54, 1.807) is 11.3 Å². The van der Waals surface area contributed by atoms with Gasteiger partial charge in [-0.25, -0.2) is 4.98 Å². The molecule has 15 heavy (non-hydrogen) atoms. The molecule has 2 rings (SSSR count). The number of aromatic nitrogens is 1. The van der Waals surface area contributed by atoms with Gasteiger partial charge in [0.2, 0.25) is 5.91 Å². The molecule has 82 valence electrons. The van der Waals surface area contributed by atoms with Crippen LogP contribution in [0.3, 0.4) is 0 Å². The number of nitrogens with zero attached hydrogens (tertiary/aromatic N) is 2. The van der Waals surface area contributed by atoms with Crippen molar-refractivity contribution < 1.29 is 4.79 Å². The van der Waals surface area contributed by atoms with E-state index in [0.29, 0.717) is 0 Å². The van der Waals surface area contributed by atoms with Crippen molar-refractivity contribution >= 4 is 17.2 Å². The zero-order valence-electron chi connectivity index (χ0n) is 8.56. The fraction of sp³-hybridized carbons (Fsp3) is 0.600. The number of hydrogen-bond donors (Lipinski definition) is 1. The minimum absolute atomic E-state index is 0.0803. The highest BCUT2D eigenvalue weighted by Gasteiger charge is 2.23. The van der Waals surface area contributed by atoms with Crippen molar-refractivity contribution in [1.29, 1.82) is 0 Å². The Morgan fingerprint density at radius 3 is 2.87 bits per heavy atom. The average Bonchev–Trinajstić information content (AvgIpc) is 2.71. The maximum absolute atomic E-state index is 11.0. The zero-order valence-corrected chi connectivity index (χ0v) is 9.37. The summed E-state index contributed by atoms with van der Waals surface area (Å²) in [7, 11) is 0. The van der Waals surface area contributed by atoms with Gasteiger partial charge in [0.1, 0.15) is 0 Å². The predicted octanol–water partition coefficient (Wildman–Crippen LogP) is 0.840. The Hall–Kier alpha value is -0.940. The van der Waals surface area contributed by atoms with E-state index in [2.05, 4.69) is 15.3 Å². The van der Waals surface area contributed by atoms with Crippen LogP contribution in [0, 0.1) is 5.92 Å². The quantitative estimate of drug-likeness (QED) is 0.829. The second kappa shape index (κ2) is 4.72. The summed E-state index contributed by atoms with van der Waals surface area (Å²) in [5.74, 6) is -0.0695. The minimum atomic E-state index is -0.150. The largest absolute Gasteiger partial charge is 0.369 e. The number of piperidine rings is 1. The first-order valence-corrected chi connectivity index (χ1v) is 6.08. The number of carbonyl (C=O) groups is 1. The fourth-order valence-corrected chi connectivity index (χ4v) is 2.47. The van der Waals surface area contributed by atoms with Gasteiger partial charge in [-0.15, -0.1) is 11.3 Å². The fourth-order valence-electron chi connectivity index (χ4n) is 1.92. The molecule has 1 fully saturated rings. The molecule has 1 saturated heterocycles. The molecule has 0 saturated carbocycles. The summed E-state index contributed by atoms with van der Waals surface area (Å²) in [6.45, 7) is 2.80. The van der Waals surface area contributed by atoms with Gasteiger partial charge in [0.05, 0.1) is 11.2 Å². The molecule has 0 spiro atoms. The molecule has 1 aromatic rings. The van der Waals surface area contributed by atoms with Gasteiger partial charge in [0.15, 0.2) is 0 Å². The first-order chi connectivity index (χ1) is 7.25. The zero-order chi connectivity index (χ0) is 10.7. The molecule has 1 amide bonds. The summed E-state index contributed by atoms with van der Waals surface area (Å²) in [5.41, 5.74) is 8.26. The topological polar surface area (TPSA) is 59.2 Å². The van der Waals surface area contributed by atoms with Crippen molar-refractivity contribution in [1.82, 2.24) is 9.88 Å². The molecule has 0 aromatic carbocycles. The minimum Gasteiger partial charge on any atom is -0.369 e. The molecule has 0 atom stereocenters. The van der Waals surface area contributed by atoms with E-state index in [-0.39, 0.29) is 11.8 Å². The summed E-state index contributed by atoms with van der Waals surface area (Å²) < 4.78 is 0. The van der Waals surface area contributed by atoms with E-state index >= 15 is 0 Å². The van der Waals surface area contributed by atoms with Gasteiger partial charge in [-0.3, -0.25) is 9.69 Å². The highest BCUT2D eigenvalue weighted by Crippen LogP contribution is 2.18. The normalized spacial score (nSPS) is 19.2. The second-order valence-corrected chi connectivity index (χ2v) is 4.65. The molecular weight excluding hydrogens is 210 g/mol. The van der Waals surface area contributed by atoms with Gasteiger partial charge in [0, 0.05) is 17.8 Å². The van der Waals surface area contributed by atoms with Crippen LogP contribution in [0.5, 0.6) is 0 Å². The number of thiazole rings is 1. The summed E-state index contributed by atoms with van der Waals surface area (Å²) in [5, 5.41) is 2.07. The number of nitrogens with two attached hydrogens (primary N) is 1. The average molecular weight is 225 g/mol. The maximum Gasteiger partial charge on any atom is 0.220 e. The van der Waals surface area contributed by atoms with E-state index in [1.807, 2.05) is 5.51 Å². The SMILES string of the molecule is NC(=O)C1CCN(Cc2cscn2)CC1. The summed E-state index contributed by atoms with van der Waals surface area (Å²) >= 11 is 1.62. The van der Waals surface area contributed by atoms with Crippen LogP contribution in [0.15, 0.2) is 10.9 Å². The Kier molecular flexibility index (Phi) is 3.33. The molecule has 0 unspecified atom stereocenters. The number of rotatable bonds is 3. The van der Waals surface area contributed by atoms with Crippen LogP contribution in [-0.2, 0) is 11.3 Å². The third kappa shape index (κ3) is 2.76. The molecule has 5 heteroatoms. The van der Waals surface area contributed by atoms with Crippen LogP contribution in [0.1, 0.15) is 18.5 Å². The summed E-state index contributed by atoms with van der Waals surface area (Å²) in [6.07, 6.45) is 1.78. The van der Waals surface area contributed by atoms with E-state index in [4.69, 9.17) is 5.73 Å². The van der Waals surface area contributed by atoms with Crippen LogP contribution in [0.4, 0.5) is 0 Å². The van der Waals surface area contributed by atoms with Crippen LogP contribution >= 0.6 is 11.3 Å². The Bertz CT molecular complexity index is 317.